The van der Waals surface area contributed by atoms with Crippen molar-refractivity contribution >= 4 is 0 Å². The number of aliphatic hydroxyl groups excluding tert-OH is 1. The molecular weight excluding hydrogens is 234 g/mol. The highest BCUT2D eigenvalue weighted by Crippen LogP contribution is 2.29. The zero-order valence-electron chi connectivity index (χ0n) is 12.8. The minimum absolute atomic E-state index is 0.240. The summed E-state index contributed by atoms with van der Waals surface area (Å²) in [6.45, 7) is 9.55. The topological polar surface area (TPSA) is 32.3 Å². The molecule has 108 valence electrons. The van der Waals surface area contributed by atoms with E-state index in [0.717, 1.165) is 19.3 Å². The average molecular weight is 263 g/mol. The Labute approximate surface area is 118 Å². The van der Waals surface area contributed by atoms with Gasteiger partial charge in [-0.3, -0.25) is 0 Å². The molecule has 0 fully saturated rings. The standard InChI is InChI=1S/C17H29NO/c1-5-9-15(19)13-18-16(12-17(2,3)4)14-10-7-6-8-11-14/h6-8,10-11,15-16,18-19H,5,9,12-13H2,1-4H3. The highest BCUT2D eigenvalue weighted by Gasteiger charge is 2.20. The lowest BCUT2D eigenvalue weighted by atomic mass is 9.85. The van der Waals surface area contributed by atoms with Crippen molar-refractivity contribution in [1.29, 1.82) is 0 Å². The summed E-state index contributed by atoms with van der Waals surface area (Å²) in [5, 5.41) is 13.4. The summed E-state index contributed by atoms with van der Waals surface area (Å²) in [6, 6.07) is 10.8. The fourth-order valence-electron chi connectivity index (χ4n) is 2.32. The van der Waals surface area contributed by atoms with Gasteiger partial charge in [0.1, 0.15) is 0 Å². The lowest BCUT2D eigenvalue weighted by Gasteiger charge is -2.28. The first-order valence-electron chi connectivity index (χ1n) is 7.39. The van der Waals surface area contributed by atoms with E-state index < -0.39 is 0 Å². The van der Waals surface area contributed by atoms with Crippen molar-refractivity contribution in [2.24, 2.45) is 5.41 Å². The van der Waals surface area contributed by atoms with Crippen molar-refractivity contribution in [3.8, 4) is 0 Å². The molecule has 0 aromatic heterocycles. The molecule has 0 spiro atoms. The molecule has 1 aromatic carbocycles. The summed E-state index contributed by atoms with van der Waals surface area (Å²) >= 11 is 0. The van der Waals surface area contributed by atoms with Crippen LogP contribution in [0.4, 0.5) is 0 Å². The smallest absolute Gasteiger partial charge is 0.0664 e. The number of rotatable bonds is 7. The molecule has 0 saturated heterocycles. The van der Waals surface area contributed by atoms with Crippen LogP contribution in [0, 0.1) is 5.41 Å². The van der Waals surface area contributed by atoms with Crippen molar-refractivity contribution in [3.63, 3.8) is 0 Å². The van der Waals surface area contributed by atoms with Crippen molar-refractivity contribution in [3.05, 3.63) is 35.9 Å². The van der Waals surface area contributed by atoms with Gasteiger partial charge in [0.05, 0.1) is 6.10 Å². The van der Waals surface area contributed by atoms with Gasteiger partial charge in [0.2, 0.25) is 0 Å². The minimum atomic E-state index is -0.240. The molecule has 0 aliphatic heterocycles. The van der Waals surface area contributed by atoms with E-state index in [-0.39, 0.29) is 11.5 Å². The fourth-order valence-corrected chi connectivity index (χ4v) is 2.32. The molecule has 0 radical (unpaired) electrons. The molecule has 2 atom stereocenters. The molecule has 0 saturated carbocycles. The first-order valence-corrected chi connectivity index (χ1v) is 7.39. The molecule has 19 heavy (non-hydrogen) atoms. The largest absolute Gasteiger partial charge is 0.392 e. The van der Waals surface area contributed by atoms with Crippen LogP contribution in [-0.4, -0.2) is 17.8 Å². The number of benzene rings is 1. The Hall–Kier alpha value is -0.860. The van der Waals surface area contributed by atoms with Gasteiger partial charge in [0.15, 0.2) is 0 Å². The second-order valence-electron chi connectivity index (χ2n) is 6.58. The molecule has 1 aromatic rings. The van der Waals surface area contributed by atoms with Crippen LogP contribution in [0.1, 0.15) is 58.6 Å². The monoisotopic (exact) mass is 263 g/mol. The maximum absolute atomic E-state index is 9.88. The van der Waals surface area contributed by atoms with E-state index in [0.29, 0.717) is 12.6 Å². The van der Waals surface area contributed by atoms with Crippen LogP contribution >= 0.6 is 0 Å². The first kappa shape index (κ1) is 16.2. The molecule has 2 heteroatoms. The van der Waals surface area contributed by atoms with Crippen molar-refractivity contribution in [2.75, 3.05) is 6.54 Å². The van der Waals surface area contributed by atoms with E-state index in [2.05, 4.69) is 57.3 Å². The van der Waals surface area contributed by atoms with Gasteiger partial charge in [0, 0.05) is 12.6 Å². The van der Waals surface area contributed by atoms with E-state index in [1.54, 1.807) is 0 Å². The van der Waals surface area contributed by atoms with Gasteiger partial charge in [-0.15, -0.1) is 0 Å². The van der Waals surface area contributed by atoms with Gasteiger partial charge in [0.25, 0.3) is 0 Å². The molecular formula is C17H29NO. The molecule has 0 heterocycles. The second-order valence-corrected chi connectivity index (χ2v) is 6.58. The van der Waals surface area contributed by atoms with Crippen LogP contribution in [0.5, 0.6) is 0 Å². The average Bonchev–Trinajstić information content (AvgIpc) is 2.34. The van der Waals surface area contributed by atoms with Crippen LogP contribution < -0.4 is 5.32 Å². The van der Waals surface area contributed by atoms with Gasteiger partial charge < -0.3 is 10.4 Å². The van der Waals surface area contributed by atoms with E-state index >= 15 is 0 Å². The lowest BCUT2D eigenvalue weighted by Crippen LogP contribution is -2.32. The highest BCUT2D eigenvalue weighted by atomic mass is 16.3. The molecule has 0 bridgehead atoms. The van der Waals surface area contributed by atoms with Crippen LogP contribution in [-0.2, 0) is 0 Å². The van der Waals surface area contributed by atoms with Crippen LogP contribution in [0.15, 0.2) is 30.3 Å². The van der Waals surface area contributed by atoms with Crippen molar-refractivity contribution < 1.29 is 5.11 Å². The summed E-state index contributed by atoms with van der Waals surface area (Å²) < 4.78 is 0. The second kappa shape index (κ2) is 7.66. The molecule has 0 amide bonds. The third-order valence-electron chi connectivity index (χ3n) is 3.24. The Balaban J connectivity index is 2.65. The number of hydrogen-bond donors (Lipinski definition) is 2. The normalized spacial score (nSPS) is 15.2. The Morgan fingerprint density at radius 1 is 1.16 bits per heavy atom. The summed E-state index contributed by atoms with van der Waals surface area (Å²) in [4.78, 5) is 0. The summed E-state index contributed by atoms with van der Waals surface area (Å²) in [5.74, 6) is 0. The van der Waals surface area contributed by atoms with Gasteiger partial charge in [-0.05, 0) is 23.8 Å². The predicted octanol–water partition coefficient (Wildman–Crippen LogP) is 3.91. The van der Waals surface area contributed by atoms with E-state index in [9.17, 15) is 5.11 Å². The van der Waals surface area contributed by atoms with Gasteiger partial charge in [-0.2, -0.15) is 0 Å². The number of hydrogen-bond acceptors (Lipinski definition) is 2. The maximum Gasteiger partial charge on any atom is 0.0664 e. The Kier molecular flexibility index (Phi) is 6.53. The third kappa shape index (κ3) is 6.74. The van der Waals surface area contributed by atoms with E-state index in [4.69, 9.17) is 0 Å². The van der Waals surface area contributed by atoms with E-state index in [1.165, 1.54) is 5.56 Å². The van der Waals surface area contributed by atoms with E-state index in [1.807, 2.05) is 6.07 Å². The van der Waals surface area contributed by atoms with Crippen LogP contribution in [0.2, 0.25) is 0 Å². The molecule has 2 N–H and O–H groups in total. The molecule has 1 rings (SSSR count). The highest BCUT2D eigenvalue weighted by molar-refractivity contribution is 5.19. The van der Waals surface area contributed by atoms with Gasteiger partial charge in [-0.1, -0.05) is 64.4 Å². The van der Waals surface area contributed by atoms with Crippen LogP contribution in [0.25, 0.3) is 0 Å². The van der Waals surface area contributed by atoms with Gasteiger partial charge in [-0.25, -0.2) is 0 Å². The molecule has 2 nitrogen and oxygen atoms in total. The Morgan fingerprint density at radius 2 is 1.79 bits per heavy atom. The van der Waals surface area contributed by atoms with Crippen molar-refractivity contribution in [1.82, 2.24) is 5.32 Å². The third-order valence-corrected chi connectivity index (χ3v) is 3.24. The zero-order chi connectivity index (χ0) is 14.3. The Morgan fingerprint density at radius 3 is 2.32 bits per heavy atom. The predicted molar refractivity (Wildman–Crippen MR) is 82.2 cm³/mol. The van der Waals surface area contributed by atoms with Crippen molar-refractivity contribution in [2.45, 2.75) is 59.1 Å². The minimum Gasteiger partial charge on any atom is -0.392 e. The first-order chi connectivity index (χ1) is 8.92. The van der Waals surface area contributed by atoms with Crippen LogP contribution in [0.3, 0.4) is 0 Å². The fraction of sp³-hybridized carbons (Fsp3) is 0.647. The Bertz CT molecular complexity index is 342. The molecule has 0 aliphatic rings. The zero-order valence-corrected chi connectivity index (χ0v) is 12.8. The summed E-state index contributed by atoms with van der Waals surface area (Å²) in [6.07, 6.45) is 2.72. The molecule has 0 aliphatic carbocycles. The quantitative estimate of drug-likeness (QED) is 0.781. The summed E-state index contributed by atoms with van der Waals surface area (Å²) in [7, 11) is 0. The summed E-state index contributed by atoms with van der Waals surface area (Å²) in [5.41, 5.74) is 1.57. The molecule has 2 unspecified atom stereocenters. The number of aliphatic hydroxyl groups is 1. The number of nitrogens with one attached hydrogen (secondary N) is 1. The SMILES string of the molecule is CCCC(O)CNC(CC(C)(C)C)c1ccccc1. The maximum atomic E-state index is 9.88. The van der Waals surface area contributed by atoms with Gasteiger partial charge >= 0.3 is 0 Å². The lowest BCUT2D eigenvalue weighted by molar-refractivity contribution is 0.152.